The Morgan fingerprint density at radius 3 is 2.50 bits per heavy atom. The summed E-state index contributed by atoms with van der Waals surface area (Å²) in [6.45, 7) is 4.34. The SMILES string of the molecule is COc1cc2nn(C3CCC(CN4CCN(c5cccc6c5n(C)c(=O)n6C5CCC(=O)NC5=O)CC4)CC3)cc2cc1NC(=O)c1cncc(C(F)(F)F)n1. The van der Waals surface area contributed by atoms with Crippen LogP contribution in [0.3, 0.4) is 0 Å². The van der Waals surface area contributed by atoms with Gasteiger partial charge in [-0.15, -0.1) is 0 Å². The van der Waals surface area contributed by atoms with Crippen LogP contribution in [-0.2, 0) is 22.8 Å². The van der Waals surface area contributed by atoms with E-state index >= 15 is 0 Å². The first-order chi connectivity index (χ1) is 26.9. The average Bonchev–Trinajstić information content (AvgIpc) is 3.72. The van der Waals surface area contributed by atoms with Gasteiger partial charge in [0, 0.05) is 63.8 Å². The van der Waals surface area contributed by atoms with Crippen molar-refractivity contribution < 1.29 is 32.3 Å². The number of halogens is 3. The summed E-state index contributed by atoms with van der Waals surface area (Å²) in [5.41, 5.74) is 1.36. The van der Waals surface area contributed by atoms with E-state index in [0.717, 1.165) is 81.2 Å². The number of aromatic nitrogens is 6. The number of piperidine rings is 1. The third kappa shape index (κ3) is 7.08. The molecule has 0 bridgehead atoms. The number of methoxy groups -OCH3 is 1. The van der Waals surface area contributed by atoms with Gasteiger partial charge in [0.2, 0.25) is 11.8 Å². The monoisotopic (exact) mass is 774 g/mol. The van der Waals surface area contributed by atoms with Crippen molar-refractivity contribution in [2.75, 3.05) is 50.1 Å². The van der Waals surface area contributed by atoms with Crippen LogP contribution in [0.4, 0.5) is 24.5 Å². The number of hydrogen-bond donors (Lipinski definition) is 2. The van der Waals surface area contributed by atoms with E-state index in [0.29, 0.717) is 35.3 Å². The van der Waals surface area contributed by atoms with Gasteiger partial charge in [0.25, 0.3) is 5.91 Å². The number of para-hydroxylation sites is 1. The third-order valence-corrected chi connectivity index (χ3v) is 11.3. The van der Waals surface area contributed by atoms with Crippen molar-refractivity contribution in [2.24, 2.45) is 13.0 Å². The molecule has 5 aromatic rings. The highest BCUT2D eigenvalue weighted by molar-refractivity contribution is 6.05. The molecule has 0 radical (unpaired) electrons. The quantitative estimate of drug-likeness (QED) is 0.218. The van der Waals surface area contributed by atoms with E-state index in [1.54, 1.807) is 23.7 Å². The van der Waals surface area contributed by atoms with Crippen LogP contribution in [0.25, 0.3) is 21.9 Å². The minimum atomic E-state index is -4.73. The molecule has 2 saturated heterocycles. The second kappa shape index (κ2) is 14.7. The summed E-state index contributed by atoms with van der Waals surface area (Å²) in [5.74, 6) is -0.766. The van der Waals surface area contributed by atoms with Crippen LogP contribution >= 0.6 is 0 Å². The number of fused-ring (bicyclic) bond motifs is 2. The van der Waals surface area contributed by atoms with E-state index < -0.39 is 35.4 Å². The number of nitrogens with one attached hydrogen (secondary N) is 2. The van der Waals surface area contributed by atoms with E-state index in [4.69, 9.17) is 9.84 Å². The van der Waals surface area contributed by atoms with Gasteiger partial charge in [-0.3, -0.25) is 43.4 Å². The normalized spacial score (nSPS) is 21.1. The van der Waals surface area contributed by atoms with Crippen LogP contribution < -0.4 is 26.0 Å². The summed E-state index contributed by atoms with van der Waals surface area (Å²) >= 11 is 0. The largest absolute Gasteiger partial charge is 0.494 e. The number of hydrogen-bond acceptors (Lipinski definition) is 10. The molecular formula is C38H41F3N10O5. The average molecular weight is 775 g/mol. The molecule has 1 aliphatic carbocycles. The Labute approximate surface area is 318 Å². The number of benzene rings is 2. The number of carbonyl (C=O) groups is 3. The Morgan fingerprint density at radius 1 is 1.02 bits per heavy atom. The van der Waals surface area contributed by atoms with Crippen molar-refractivity contribution in [1.82, 2.24) is 39.1 Å². The zero-order valence-electron chi connectivity index (χ0n) is 30.9. The Bertz CT molecular complexity index is 2390. The maximum absolute atomic E-state index is 13.4. The third-order valence-electron chi connectivity index (χ3n) is 11.3. The number of piperazine rings is 1. The van der Waals surface area contributed by atoms with Gasteiger partial charge in [-0.05, 0) is 56.2 Å². The minimum absolute atomic E-state index is 0.192. The number of nitrogens with zero attached hydrogens (tertiary/aromatic N) is 8. The van der Waals surface area contributed by atoms with Crippen LogP contribution in [0.2, 0.25) is 0 Å². The number of aryl methyl sites for hydroxylation is 1. The molecule has 5 heterocycles. The maximum Gasteiger partial charge on any atom is 0.434 e. The first kappa shape index (κ1) is 37.2. The number of rotatable bonds is 8. The lowest BCUT2D eigenvalue weighted by molar-refractivity contribution is -0.141. The Hall–Kier alpha value is -5.78. The number of alkyl halides is 3. The van der Waals surface area contributed by atoms with Crippen molar-refractivity contribution in [3.8, 4) is 5.75 Å². The van der Waals surface area contributed by atoms with Gasteiger partial charge in [0.05, 0.1) is 53.5 Å². The zero-order chi connectivity index (χ0) is 39.3. The lowest BCUT2D eigenvalue weighted by Gasteiger charge is -2.39. The van der Waals surface area contributed by atoms with Gasteiger partial charge in [-0.1, -0.05) is 6.07 Å². The van der Waals surface area contributed by atoms with Crippen molar-refractivity contribution in [3.63, 3.8) is 0 Å². The Balaban J connectivity index is 0.877. The molecule has 1 unspecified atom stereocenters. The van der Waals surface area contributed by atoms with E-state index in [1.807, 2.05) is 29.1 Å². The lowest BCUT2D eigenvalue weighted by Crippen LogP contribution is -2.48. The lowest BCUT2D eigenvalue weighted by atomic mass is 9.85. The van der Waals surface area contributed by atoms with Crippen molar-refractivity contribution >= 4 is 51.0 Å². The molecule has 2 N–H and O–H groups in total. The van der Waals surface area contributed by atoms with Crippen molar-refractivity contribution in [3.05, 3.63) is 70.8 Å². The standard InChI is InChI=1S/C38H41F3N10O5/c1-47-34-28(4-3-5-29(34)51(37(47)55)30-10-11-33(52)45-36(30)54)49-14-12-48(13-15-49)20-22-6-8-24(9-7-22)50-21-23-16-26(31(56-2)17-25(23)46-50)44-35(53)27-18-42-19-32(43-27)38(39,40)41/h3-5,16-19,21-22,24,30H,6-15,20H2,1-2H3,(H,44,53)(H,45,52,54). The topological polar surface area (TPSA) is 162 Å². The van der Waals surface area contributed by atoms with Gasteiger partial charge < -0.3 is 15.0 Å². The van der Waals surface area contributed by atoms with Gasteiger partial charge >= 0.3 is 11.9 Å². The van der Waals surface area contributed by atoms with Crippen LogP contribution in [0, 0.1) is 5.92 Å². The number of imide groups is 1. The predicted molar refractivity (Wildman–Crippen MR) is 200 cm³/mol. The van der Waals surface area contributed by atoms with Gasteiger partial charge in [-0.25, -0.2) is 9.78 Å². The van der Waals surface area contributed by atoms with E-state index in [1.165, 1.54) is 11.7 Å². The van der Waals surface area contributed by atoms with Gasteiger partial charge in [-0.2, -0.15) is 18.3 Å². The van der Waals surface area contributed by atoms with Gasteiger partial charge in [0.1, 0.15) is 17.5 Å². The summed E-state index contributed by atoms with van der Waals surface area (Å²) in [5, 5.41) is 10.5. The maximum atomic E-state index is 13.4. The zero-order valence-corrected chi connectivity index (χ0v) is 30.9. The molecule has 3 aromatic heterocycles. The summed E-state index contributed by atoms with van der Waals surface area (Å²) in [7, 11) is 3.17. The second-order valence-electron chi connectivity index (χ2n) is 14.7. The van der Waals surface area contributed by atoms with Crippen LogP contribution in [0.5, 0.6) is 5.75 Å². The highest BCUT2D eigenvalue weighted by Gasteiger charge is 2.35. The number of imidazole rings is 1. The van der Waals surface area contributed by atoms with Gasteiger partial charge in [0.15, 0.2) is 5.69 Å². The molecule has 2 aliphatic heterocycles. The summed E-state index contributed by atoms with van der Waals surface area (Å²) in [6, 6.07) is 8.65. The summed E-state index contributed by atoms with van der Waals surface area (Å²) in [4.78, 5) is 62.5. The number of anilines is 2. The molecule has 3 fully saturated rings. The molecule has 1 saturated carbocycles. The first-order valence-electron chi connectivity index (χ1n) is 18.7. The minimum Gasteiger partial charge on any atom is -0.494 e. The number of ether oxygens (including phenoxy) is 1. The van der Waals surface area contributed by atoms with E-state index in [9.17, 15) is 32.3 Å². The van der Waals surface area contributed by atoms with Crippen LogP contribution in [-0.4, -0.2) is 91.3 Å². The molecule has 3 aliphatic rings. The van der Waals surface area contributed by atoms with Crippen LogP contribution in [0.1, 0.15) is 66.8 Å². The molecule has 0 spiro atoms. The molecule has 3 amide bonds. The highest BCUT2D eigenvalue weighted by atomic mass is 19.4. The summed E-state index contributed by atoms with van der Waals surface area (Å²) < 4.78 is 50.0. The highest BCUT2D eigenvalue weighted by Crippen LogP contribution is 2.36. The predicted octanol–water partition coefficient (Wildman–Crippen LogP) is 4.29. The second-order valence-corrected chi connectivity index (χ2v) is 14.7. The molecule has 1 atom stereocenters. The fraction of sp³-hybridized carbons (Fsp3) is 0.447. The Morgan fingerprint density at radius 2 is 1.79 bits per heavy atom. The molecule has 18 heteroatoms. The summed E-state index contributed by atoms with van der Waals surface area (Å²) in [6.07, 6.45) is 3.20. The van der Waals surface area contributed by atoms with Crippen LogP contribution in [0.15, 0.2) is 53.7 Å². The molecule has 294 valence electrons. The smallest absolute Gasteiger partial charge is 0.434 e. The number of amides is 3. The first-order valence-corrected chi connectivity index (χ1v) is 18.7. The number of carbonyl (C=O) groups excluding carboxylic acids is 3. The van der Waals surface area contributed by atoms with E-state index in [-0.39, 0.29) is 29.7 Å². The van der Waals surface area contributed by atoms with Crippen molar-refractivity contribution in [2.45, 2.75) is 56.8 Å². The molecule has 8 rings (SSSR count). The molecule has 56 heavy (non-hydrogen) atoms. The Kier molecular flexibility index (Phi) is 9.76. The molecule has 2 aromatic carbocycles. The fourth-order valence-electron chi connectivity index (χ4n) is 8.35. The van der Waals surface area contributed by atoms with Crippen molar-refractivity contribution in [1.29, 1.82) is 0 Å². The molecular weight excluding hydrogens is 733 g/mol. The molecule has 15 nitrogen and oxygen atoms in total. The fourth-order valence-corrected chi connectivity index (χ4v) is 8.35. The van der Waals surface area contributed by atoms with E-state index in [2.05, 4.69) is 30.4 Å².